The molecule has 4 nitrogen and oxygen atoms in total. The van der Waals surface area contributed by atoms with Crippen molar-refractivity contribution in [2.45, 2.75) is 39.2 Å². The number of nitrogens with two attached hydrogens (primary N) is 1. The summed E-state index contributed by atoms with van der Waals surface area (Å²) in [6.45, 7) is 7.93. The second-order valence-electron chi connectivity index (χ2n) is 6.95. The van der Waals surface area contributed by atoms with Crippen molar-refractivity contribution in [3.63, 3.8) is 0 Å². The highest BCUT2D eigenvalue weighted by Gasteiger charge is 2.35. The van der Waals surface area contributed by atoms with Gasteiger partial charge in [0, 0.05) is 31.4 Å². The van der Waals surface area contributed by atoms with Gasteiger partial charge >= 0.3 is 0 Å². The fourth-order valence-electron chi connectivity index (χ4n) is 3.35. The van der Waals surface area contributed by atoms with E-state index < -0.39 is 0 Å². The molecule has 0 saturated carbocycles. The number of carbonyl (C=O) groups excluding carboxylic acids is 1. The highest BCUT2D eigenvalue weighted by atomic mass is 32.2. The normalized spacial score (nSPS) is 30.9. The predicted molar refractivity (Wildman–Crippen MR) is 85.9 cm³/mol. The number of hydrogen-bond acceptors (Lipinski definition) is 4. The summed E-state index contributed by atoms with van der Waals surface area (Å²) in [5.41, 5.74) is 5.89. The molecule has 2 saturated heterocycles. The zero-order valence-electron chi connectivity index (χ0n) is 12.9. The lowest BCUT2D eigenvalue weighted by atomic mass is 9.86. The highest BCUT2D eigenvalue weighted by Crippen LogP contribution is 2.36. The summed E-state index contributed by atoms with van der Waals surface area (Å²) in [7, 11) is 0. The molecule has 2 unspecified atom stereocenters. The summed E-state index contributed by atoms with van der Waals surface area (Å²) in [6.07, 6.45) is 3.43. The van der Waals surface area contributed by atoms with Gasteiger partial charge in [0.05, 0.1) is 5.92 Å². The van der Waals surface area contributed by atoms with Gasteiger partial charge in [-0.3, -0.25) is 9.69 Å². The van der Waals surface area contributed by atoms with E-state index in [4.69, 9.17) is 5.73 Å². The molecular formula is C15H29N3OS. The molecule has 2 rings (SSSR count). The lowest BCUT2D eigenvalue weighted by Crippen LogP contribution is -2.50. The van der Waals surface area contributed by atoms with Gasteiger partial charge in [0.25, 0.3) is 0 Å². The molecule has 0 aromatic rings. The van der Waals surface area contributed by atoms with Crippen molar-refractivity contribution >= 4 is 17.7 Å². The van der Waals surface area contributed by atoms with Crippen LogP contribution in [0.3, 0.4) is 0 Å². The average Bonchev–Trinajstić information content (AvgIpc) is 2.44. The summed E-state index contributed by atoms with van der Waals surface area (Å²) in [6, 6.07) is 0.647. The van der Waals surface area contributed by atoms with Crippen molar-refractivity contribution in [2.24, 2.45) is 17.1 Å². The number of carbonyl (C=O) groups is 1. The monoisotopic (exact) mass is 299 g/mol. The third-order valence-corrected chi connectivity index (χ3v) is 5.98. The Morgan fingerprint density at radius 1 is 1.50 bits per heavy atom. The smallest absolute Gasteiger partial charge is 0.224 e. The zero-order chi connectivity index (χ0) is 14.6. The minimum atomic E-state index is 0.158. The minimum Gasteiger partial charge on any atom is -0.355 e. The largest absolute Gasteiger partial charge is 0.355 e. The Balaban J connectivity index is 1.88. The Morgan fingerprint density at radius 2 is 2.30 bits per heavy atom. The third-order valence-electron chi connectivity index (χ3n) is 4.37. The summed E-state index contributed by atoms with van der Waals surface area (Å²) in [5, 5.41) is 2.95. The zero-order valence-corrected chi connectivity index (χ0v) is 13.7. The van der Waals surface area contributed by atoms with Crippen molar-refractivity contribution in [3.8, 4) is 0 Å². The molecule has 0 radical (unpaired) electrons. The second-order valence-corrected chi connectivity index (χ2v) is 7.98. The summed E-state index contributed by atoms with van der Waals surface area (Å²) in [5.74, 6) is 2.84. The van der Waals surface area contributed by atoms with E-state index in [9.17, 15) is 4.79 Å². The van der Waals surface area contributed by atoms with Crippen LogP contribution in [0.2, 0.25) is 0 Å². The molecular weight excluding hydrogens is 270 g/mol. The van der Waals surface area contributed by atoms with Crippen molar-refractivity contribution in [1.82, 2.24) is 10.2 Å². The number of nitrogens with one attached hydrogen (secondary N) is 1. The molecule has 20 heavy (non-hydrogen) atoms. The molecule has 1 amide bonds. The van der Waals surface area contributed by atoms with Gasteiger partial charge in [0.1, 0.15) is 0 Å². The molecule has 116 valence electrons. The average molecular weight is 299 g/mol. The minimum absolute atomic E-state index is 0.158. The van der Waals surface area contributed by atoms with E-state index in [-0.39, 0.29) is 11.8 Å². The maximum atomic E-state index is 12.1. The SMILES string of the molecule is CC1(C)CSCC(N2CCCC(C(=O)NCCN)C2)C1. The molecule has 3 N–H and O–H groups in total. The van der Waals surface area contributed by atoms with Gasteiger partial charge in [0.15, 0.2) is 0 Å². The van der Waals surface area contributed by atoms with E-state index in [0.717, 1.165) is 25.9 Å². The maximum Gasteiger partial charge on any atom is 0.224 e. The first-order valence-corrected chi connectivity index (χ1v) is 8.97. The Morgan fingerprint density at radius 3 is 3.00 bits per heavy atom. The van der Waals surface area contributed by atoms with Crippen LogP contribution in [0.1, 0.15) is 33.1 Å². The lowest BCUT2D eigenvalue weighted by molar-refractivity contribution is -0.127. The van der Waals surface area contributed by atoms with Crippen LogP contribution in [0.25, 0.3) is 0 Å². The number of nitrogens with zero attached hydrogens (tertiary/aromatic N) is 1. The van der Waals surface area contributed by atoms with Crippen LogP contribution in [-0.2, 0) is 4.79 Å². The molecule has 0 bridgehead atoms. The standard InChI is InChI=1S/C15H29N3OS/c1-15(2)8-13(10-20-11-15)18-7-3-4-12(9-18)14(19)17-6-5-16/h12-13H,3-11,16H2,1-2H3,(H,17,19). The van der Waals surface area contributed by atoms with E-state index in [1.54, 1.807) is 0 Å². The molecule has 0 aliphatic carbocycles. The molecule has 0 spiro atoms. The maximum absolute atomic E-state index is 12.1. The summed E-state index contributed by atoms with van der Waals surface area (Å²) in [4.78, 5) is 14.7. The summed E-state index contributed by atoms with van der Waals surface area (Å²) < 4.78 is 0. The van der Waals surface area contributed by atoms with Crippen LogP contribution in [-0.4, -0.2) is 54.5 Å². The third kappa shape index (κ3) is 4.37. The first-order chi connectivity index (χ1) is 9.52. The quantitative estimate of drug-likeness (QED) is 0.822. The molecule has 2 heterocycles. The highest BCUT2D eigenvalue weighted by molar-refractivity contribution is 7.99. The first-order valence-electron chi connectivity index (χ1n) is 7.81. The number of thioether (sulfide) groups is 1. The molecule has 2 aliphatic heterocycles. The molecule has 2 atom stereocenters. The van der Waals surface area contributed by atoms with Crippen molar-refractivity contribution in [3.05, 3.63) is 0 Å². The fourth-order valence-corrected chi connectivity index (χ4v) is 4.74. The van der Waals surface area contributed by atoms with Gasteiger partial charge in [0.2, 0.25) is 5.91 Å². The topological polar surface area (TPSA) is 58.4 Å². The molecule has 2 fully saturated rings. The Kier molecular flexibility index (Phi) is 5.75. The predicted octanol–water partition coefficient (Wildman–Crippen LogP) is 1.31. The van der Waals surface area contributed by atoms with E-state index in [2.05, 4.69) is 35.8 Å². The molecule has 0 aromatic carbocycles. The van der Waals surface area contributed by atoms with Crippen LogP contribution >= 0.6 is 11.8 Å². The van der Waals surface area contributed by atoms with E-state index >= 15 is 0 Å². The first kappa shape index (κ1) is 16.1. The van der Waals surface area contributed by atoms with Gasteiger partial charge < -0.3 is 11.1 Å². The van der Waals surface area contributed by atoms with Gasteiger partial charge in [-0.15, -0.1) is 0 Å². The molecule has 0 aromatic heterocycles. The Labute approximate surface area is 127 Å². The Bertz CT molecular complexity index is 335. The number of rotatable bonds is 4. The molecule has 2 aliphatic rings. The van der Waals surface area contributed by atoms with Crippen molar-refractivity contribution < 1.29 is 4.79 Å². The van der Waals surface area contributed by atoms with E-state index in [0.29, 0.717) is 24.5 Å². The van der Waals surface area contributed by atoms with Gasteiger partial charge in [-0.05, 0) is 37.0 Å². The van der Waals surface area contributed by atoms with Gasteiger partial charge in [-0.1, -0.05) is 13.8 Å². The number of piperidine rings is 1. The van der Waals surface area contributed by atoms with Crippen molar-refractivity contribution in [2.75, 3.05) is 37.7 Å². The Hall–Kier alpha value is -0.260. The fraction of sp³-hybridized carbons (Fsp3) is 0.933. The van der Waals surface area contributed by atoms with Crippen LogP contribution in [0.15, 0.2) is 0 Å². The van der Waals surface area contributed by atoms with Crippen LogP contribution < -0.4 is 11.1 Å². The van der Waals surface area contributed by atoms with Gasteiger partial charge in [-0.25, -0.2) is 0 Å². The summed E-state index contributed by atoms with van der Waals surface area (Å²) >= 11 is 2.07. The van der Waals surface area contributed by atoms with Crippen LogP contribution in [0.4, 0.5) is 0 Å². The van der Waals surface area contributed by atoms with Crippen molar-refractivity contribution in [1.29, 1.82) is 0 Å². The number of amides is 1. The number of likely N-dealkylation sites (tertiary alicyclic amines) is 1. The van der Waals surface area contributed by atoms with Crippen LogP contribution in [0.5, 0.6) is 0 Å². The molecule has 5 heteroatoms. The van der Waals surface area contributed by atoms with Crippen LogP contribution in [0, 0.1) is 11.3 Å². The van der Waals surface area contributed by atoms with Gasteiger partial charge in [-0.2, -0.15) is 11.8 Å². The second kappa shape index (κ2) is 7.14. The van der Waals surface area contributed by atoms with E-state index in [1.165, 1.54) is 17.9 Å². The lowest BCUT2D eigenvalue weighted by Gasteiger charge is -2.43. The number of hydrogen-bond donors (Lipinski definition) is 2. The van der Waals surface area contributed by atoms with E-state index in [1.807, 2.05) is 0 Å².